The number of fused-ring (bicyclic) bond motifs is 2. The molecule has 0 heterocycles. The molecule has 1 N–H and O–H groups in total. The first-order valence-corrected chi connectivity index (χ1v) is 8.03. The van der Waals surface area contributed by atoms with Crippen molar-refractivity contribution >= 4 is 16.8 Å². The van der Waals surface area contributed by atoms with E-state index >= 15 is 0 Å². The zero-order chi connectivity index (χ0) is 14.3. The summed E-state index contributed by atoms with van der Waals surface area (Å²) in [6, 6.07) is 0. The van der Waals surface area contributed by atoms with Crippen molar-refractivity contribution in [3.63, 3.8) is 0 Å². The number of esters is 1. The zero-order valence-corrected chi connectivity index (χ0v) is 12.5. The lowest BCUT2D eigenvalue weighted by molar-refractivity contribution is -0.134. The average molecular weight is 286 g/mol. The molecule has 0 saturated heterocycles. The van der Waals surface area contributed by atoms with Gasteiger partial charge in [0.15, 0.2) is 0 Å². The molecule has 5 heteroatoms. The summed E-state index contributed by atoms with van der Waals surface area (Å²) >= 11 is 0. The molecule has 19 heavy (non-hydrogen) atoms. The van der Waals surface area contributed by atoms with E-state index in [2.05, 4.69) is 18.6 Å². The molecule has 2 fully saturated rings. The Bertz CT molecular complexity index is 429. The van der Waals surface area contributed by atoms with Gasteiger partial charge in [0.25, 0.3) is 0 Å². The highest BCUT2D eigenvalue weighted by Crippen LogP contribution is 2.65. The molecule has 2 bridgehead atoms. The molecule has 4 nitrogen and oxygen atoms in total. The van der Waals surface area contributed by atoms with Gasteiger partial charge in [0.1, 0.15) is 0 Å². The normalized spacial score (nSPS) is 37.7. The maximum absolute atomic E-state index is 12.1. The molecule has 0 aromatic rings. The highest BCUT2D eigenvalue weighted by atomic mass is 32.2. The van der Waals surface area contributed by atoms with Crippen LogP contribution in [0.1, 0.15) is 33.1 Å². The summed E-state index contributed by atoms with van der Waals surface area (Å²) < 4.78 is 16.6. The molecular weight excluding hydrogens is 264 g/mol. The highest BCUT2D eigenvalue weighted by Gasteiger charge is 2.63. The van der Waals surface area contributed by atoms with Crippen LogP contribution in [-0.4, -0.2) is 34.3 Å². The maximum Gasteiger partial charge on any atom is 0.331 e. The minimum Gasteiger partial charge on any atom is -0.466 e. The van der Waals surface area contributed by atoms with Crippen LogP contribution >= 0.6 is 0 Å². The summed E-state index contributed by atoms with van der Waals surface area (Å²) in [7, 11) is 0.0381. The smallest absolute Gasteiger partial charge is 0.331 e. The number of carbonyl (C=O) groups is 1. The monoisotopic (exact) mass is 286 g/mol. The van der Waals surface area contributed by atoms with E-state index in [0.29, 0.717) is 11.7 Å². The van der Waals surface area contributed by atoms with Crippen LogP contribution in [0.2, 0.25) is 0 Å². The lowest BCUT2D eigenvalue weighted by Crippen LogP contribution is -2.43. The van der Waals surface area contributed by atoms with Gasteiger partial charge >= 0.3 is 5.97 Å². The second-order valence-electron chi connectivity index (χ2n) is 6.22. The fraction of sp³-hybridized carbons (Fsp3) is 0.786. The first kappa shape index (κ1) is 14.7. The minimum absolute atomic E-state index is 0.0151. The van der Waals surface area contributed by atoms with Crippen molar-refractivity contribution in [1.29, 1.82) is 0 Å². The van der Waals surface area contributed by atoms with Crippen LogP contribution in [0.5, 0.6) is 0 Å². The zero-order valence-electron chi connectivity index (χ0n) is 11.7. The van der Waals surface area contributed by atoms with E-state index < -0.39 is 16.8 Å². The van der Waals surface area contributed by atoms with Gasteiger partial charge in [-0.2, -0.15) is 0 Å². The van der Waals surface area contributed by atoms with Crippen molar-refractivity contribution in [2.45, 2.75) is 39.2 Å². The van der Waals surface area contributed by atoms with Gasteiger partial charge in [0, 0.05) is 33.5 Å². The standard InChI is InChI=1S/C14H22O4S/c1-13(2)10-4-6-14(13,11(15)8-10)9-19(17)7-5-12(16)18-3/h5,7,10-11,15H,4,6,8-9H2,1-3H3/b7-5+/t10?,11?,14?,19-/m1/s1. The largest absolute Gasteiger partial charge is 0.466 e. The molecule has 0 amide bonds. The van der Waals surface area contributed by atoms with E-state index in [1.807, 2.05) is 0 Å². The molecule has 3 unspecified atom stereocenters. The summed E-state index contributed by atoms with van der Waals surface area (Å²) in [4.78, 5) is 11.0. The predicted molar refractivity (Wildman–Crippen MR) is 73.7 cm³/mol. The number of ether oxygens (including phenoxy) is 1. The number of methoxy groups -OCH3 is 1. The van der Waals surface area contributed by atoms with Crippen molar-refractivity contribution < 1.29 is 18.8 Å². The molecule has 2 rings (SSSR count). The Kier molecular flexibility index (Phi) is 3.89. The Labute approximate surface area is 116 Å². The van der Waals surface area contributed by atoms with E-state index in [1.165, 1.54) is 18.6 Å². The summed E-state index contributed by atoms with van der Waals surface area (Å²) in [5.74, 6) is 0.441. The van der Waals surface area contributed by atoms with Crippen LogP contribution in [0.15, 0.2) is 11.5 Å². The fourth-order valence-corrected chi connectivity index (χ4v) is 5.46. The van der Waals surface area contributed by atoms with Crippen LogP contribution in [0.25, 0.3) is 0 Å². The number of aliphatic hydroxyl groups is 1. The molecule has 0 radical (unpaired) electrons. The molecule has 2 aliphatic carbocycles. The Morgan fingerprint density at radius 3 is 2.68 bits per heavy atom. The summed E-state index contributed by atoms with van der Waals surface area (Å²) in [6.45, 7) is 4.34. The predicted octanol–water partition coefficient (Wildman–Crippen LogP) is 1.61. The minimum atomic E-state index is -1.25. The van der Waals surface area contributed by atoms with Crippen LogP contribution in [0, 0.1) is 16.7 Å². The van der Waals surface area contributed by atoms with Gasteiger partial charge in [0.2, 0.25) is 0 Å². The molecule has 2 saturated carbocycles. The molecule has 2 aliphatic rings. The third-order valence-corrected chi connectivity index (χ3v) is 6.58. The maximum atomic E-state index is 12.1. The van der Waals surface area contributed by atoms with Crippen molar-refractivity contribution in [3.05, 3.63) is 11.5 Å². The Balaban J connectivity index is 2.11. The van der Waals surface area contributed by atoms with Crippen molar-refractivity contribution in [1.82, 2.24) is 0 Å². The summed E-state index contributed by atoms with van der Waals surface area (Å²) in [5.41, 5.74) is -0.260. The van der Waals surface area contributed by atoms with Crippen molar-refractivity contribution in [2.24, 2.45) is 16.7 Å². The van der Waals surface area contributed by atoms with E-state index in [4.69, 9.17) is 0 Å². The van der Waals surface area contributed by atoms with Gasteiger partial charge in [-0.15, -0.1) is 0 Å². The first-order chi connectivity index (χ1) is 8.83. The van der Waals surface area contributed by atoms with Crippen molar-refractivity contribution in [2.75, 3.05) is 12.9 Å². The van der Waals surface area contributed by atoms with Gasteiger partial charge in [-0.1, -0.05) is 13.8 Å². The molecule has 108 valence electrons. The molecule has 4 atom stereocenters. The van der Waals surface area contributed by atoms with Gasteiger partial charge in [-0.25, -0.2) is 4.79 Å². The second-order valence-corrected chi connectivity index (χ2v) is 7.54. The summed E-state index contributed by atoms with van der Waals surface area (Å²) in [6.07, 6.45) is 3.65. The number of carbonyl (C=O) groups excluding carboxylic acids is 1. The molecular formula is C14H22O4S. The fourth-order valence-electron chi connectivity index (χ4n) is 3.88. The van der Waals surface area contributed by atoms with E-state index in [0.717, 1.165) is 19.3 Å². The van der Waals surface area contributed by atoms with Crippen LogP contribution in [0.3, 0.4) is 0 Å². The van der Waals surface area contributed by atoms with Crippen molar-refractivity contribution in [3.8, 4) is 0 Å². The third-order valence-electron chi connectivity index (χ3n) is 5.35. The molecule has 0 aromatic carbocycles. The van der Waals surface area contributed by atoms with E-state index in [-0.39, 0.29) is 16.9 Å². The van der Waals surface area contributed by atoms with Gasteiger partial charge in [-0.05, 0) is 30.6 Å². The highest BCUT2D eigenvalue weighted by molar-refractivity contribution is 7.88. The summed E-state index contributed by atoms with van der Waals surface area (Å²) in [5, 5.41) is 11.7. The van der Waals surface area contributed by atoms with Crippen LogP contribution in [0.4, 0.5) is 0 Å². The first-order valence-electron chi connectivity index (χ1n) is 6.65. The molecule has 0 spiro atoms. The number of aliphatic hydroxyl groups excluding tert-OH is 1. The SMILES string of the molecule is COC(=O)/C=C/[S@@](=O)CC12CCC(CC1O)C2(C)C. The molecule has 0 aromatic heterocycles. The average Bonchev–Trinajstić information content (AvgIpc) is 2.70. The van der Waals surface area contributed by atoms with Crippen LogP contribution < -0.4 is 0 Å². The molecule has 0 aliphatic heterocycles. The topological polar surface area (TPSA) is 63.6 Å². The quantitative estimate of drug-likeness (QED) is 0.630. The Morgan fingerprint density at radius 1 is 1.53 bits per heavy atom. The van der Waals surface area contributed by atoms with E-state index in [9.17, 15) is 14.1 Å². The Hall–Kier alpha value is -0.680. The second kappa shape index (κ2) is 5.02. The van der Waals surface area contributed by atoms with Gasteiger partial charge in [-0.3, -0.25) is 4.21 Å². The van der Waals surface area contributed by atoms with Gasteiger partial charge in [0.05, 0.1) is 13.2 Å². The lowest BCUT2D eigenvalue weighted by Gasteiger charge is -2.39. The van der Waals surface area contributed by atoms with Crippen LogP contribution in [-0.2, 0) is 20.3 Å². The van der Waals surface area contributed by atoms with Gasteiger partial charge < -0.3 is 9.84 Å². The number of hydrogen-bond acceptors (Lipinski definition) is 4. The Morgan fingerprint density at radius 2 is 2.21 bits per heavy atom. The lowest BCUT2D eigenvalue weighted by atomic mass is 9.70. The third kappa shape index (κ3) is 2.27. The number of hydrogen-bond donors (Lipinski definition) is 1. The number of rotatable bonds is 4. The van der Waals surface area contributed by atoms with E-state index in [1.54, 1.807) is 0 Å².